The number of ether oxygens (including phenoxy) is 2. The number of rotatable bonds is 8. The Kier molecular flexibility index (Phi) is 8.26. The first-order valence-corrected chi connectivity index (χ1v) is 8.31. The third-order valence-corrected chi connectivity index (χ3v) is 3.77. The fourth-order valence-electron chi connectivity index (χ4n) is 1.90. The quantitative estimate of drug-likeness (QED) is 0.565. The van der Waals surface area contributed by atoms with Gasteiger partial charge in [-0.3, -0.25) is 20.4 Å². The van der Waals surface area contributed by atoms with Crippen molar-refractivity contribution in [2.45, 2.75) is 59.7 Å². The summed E-state index contributed by atoms with van der Waals surface area (Å²) >= 11 is 0. The van der Waals surface area contributed by atoms with Gasteiger partial charge in [0, 0.05) is 6.61 Å². The summed E-state index contributed by atoms with van der Waals surface area (Å²) in [6, 6.07) is 5.67. The zero-order valence-corrected chi connectivity index (χ0v) is 15.1. The van der Waals surface area contributed by atoms with Crippen LogP contribution in [0.1, 0.15) is 44.7 Å². The van der Waals surface area contributed by atoms with Crippen molar-refractivity contribution < 1.29 is 19.1 Å². The zero-order chi connectivity index (χ0) is 18.1. The van der Waals surface area contributed by atoms with Gasteiger partial charge in [-0.1, -0.05) is 25.5 Å². The number of carbonyl (C=O) groups is 2. The van der Waals surface area contributed by atoms with Gasteiger partial charge in [-0.15, -0.1) is 0 Å². The second kappa shape index (κ2) is 9.93. The number of hydrogen-bond donors (Lipinski definition) is 2. The topological polar surface area (TPSA) is 76.7 Å². The molecule has 0 spiro atoms. The maximum Gasteiger partial charge on any atom is 0.279 e. The van der Waals surface area contributed by atoms with Crippen LogP contribution in [0.25, 0.3) is 0 Å². The lowest BCUT2D eigenvalue weighted by molar-refractivity contribution is -0.138. The zero-order valence-electron chi connectivity index (χ0n) is 15.1. The highest BCUT2D eigenvalue weighted by atomic mass is 16.5. The molecule has 0 heterocycles. The van der Waals surface area contributed by atoms with E-state index < -0.39 is 24.0 Å². The summed E-state index contributed by atoms with van der Waals surface area (Å²) < 4.78 is 11.0. The van der Waals surface area contributed by atoms with E-state index in [2.05, 4.69) is 10.9 Å². The molecule has 1 aromatic carbocycles. The minimum Gasteiger partial charge on any atom is -0.481 e. The molecule has 6 heteroatoms. The van der Waals surface area contributed by atoms with Crippen molar-refractivity contribution in [3.8, 4) is 5.75 Å². The maximum absolute atomic E-state index is 12.0. The van der Waals surface area contributed by atoms with Gasteiger partial charge in [0.05, 0.1) is 0 Å². The summed E-state index contributed by atoms with van der Waals surface area (Å²) in [6.45, 7) is 9.76. The molecule has 0 fully saturated rings. The van der Waals surface area contributed by atoms with E-state index in [0.29, 0.717) is 12.4 Å². The molecule has 0 aromatic heterocycles. The minimum absolute atomic E-state index is 0.390. The van der Waals surface area contributed by atoms with Crippen LogP contribution < -0.4 is 15.6 Å². The van der Waals surface area contributed by atoms with E-state index in [-0.39, 0.29) is 0 Å². The van der Waals surface area contributed by atoms with Crippen LogP contribution in [0.3, 0.4) is 0 Å². The molecule has 0 saturated carbocycles. The van der Waals surface area contributed by atoms with Crippen LogP contribution in [0.5, 0.6) is 5.75 Å². The summed E-state index contributed by atoms with van der Waals surface area (Å²) in [5.41, 5.74) is 6.80. The second-order valence-electron chi connectivity index (χ2n) is 5.80. The lowest BCUT2D eigenvalue weighted by atomic mass is 10.1. The molecule has 0 bridgehead atoms. The Labute approximate surface area is 143 Å². The molecule has 6 nitrogen and oxygen atoms in total. The Morgan fingerprint density at radius 1 is 1.08 bits per heavy atom. The van der Waals surface area contributed by atoms with Gasteiger partial charge < -0.3 is 9.47 Å². The molecule has 0 aliphatic rings. The normalized spacial score (nSPS) is 13.0. The number of benzene rings is 1. The Morgan fingerprint density at radius 3 is 2.33 bits per heavy atom. The summed E-state index contributed by atoms with van der Waals surface area (Å²) in [5.74, 6) is -0.163. The molecule has 0 unspecified atom stereocenters. The molecule has 2 N–H and O–H groups in total. The van der Waals surface area contributed by atoms with E-state index in [4.69, 9.17) is 9.47 Å². The van der Waals surface area contributed by atoms with E-state index in [9.17, 15) is 9.59 Å². The number of aryl methyl sites for hydroxylation is 1. The molecular formula is C18H28N2O4. The minimum atomic E-state index is -0.734. The molecule has 0 aliphatic carbocycles. The van der Waals surface area contributed by atoms with Crippen molar-refractivity contribution >= 4 is 11.8 Å². The predicted octanol–water partition coefficient (Wildman–Crippen LogP) is 2.42. The van der Waals surface area contributed by atoms with Crippen LogP contribution in [0, 0.1) is 13.8 Å². The van der Waals surface area contributed by atoms with E-state index in [1.54, 1.807) is 13.8 Å². The highest BCUT2D eigenvalue weighted by Crippen LogP contribution is 2.21. The molecule has 134 valence electrons. The first-order valence-electron chi connectivity index (χ1n) is 8.31. The number of carbonyl (C=O) groups excluding carboxylic acids is 2. The summed E-state index contributed by atoms with van der Waals surface area (Å²) in [5, 5.41) is 0. The fraction of sp³-hybridized carbons (Fsp3) is 0.556. The van der Waals surface area contributed by atoms with Gasteiger partial charge in [0.25, 0.3) is 11.8 Å². The fourth-order valence-corrected chi connectivity index (χ4v) is 1.90. The molecule has 2 atom stereocenters. The molecule has 0 saturated heterocycles. The Bertz CT molecular complexity index is 560. The monoisotopic (exact) mass is 336 g/mol. The van der Waals surface area contributed by atoms with Crippen molar-refractivity contribution in [1.29, 1.82) is 0 Å². The van der Waals surface area contributed by atoms with E-state index in [1.165, 1.54) is 0 Å². The predicted molar refractivity (Wildman–Crippen MR) is 92.6 cm³/mol. The Balaban J connectivity index is 2.44. The molecule has 24 heavy (non-hydrogen) atoms. The van der Waals surface area contributed by atoms with Crippen LogP contribution in [0.4, 0.5) is 0 Å². The number of amides is 2. The van der Waals surface area contributed by atoms with Crippen molar-refractivity contribution in [3.05, 3.63) is 29.3 Å². The van der Waals surface area contributed by atoms with Gasteiger partial charge in [0.15, 0.2) is 6.10 Å². The smallest absolute Gasteiger partial charge is 0.279 e. The van der Waals surface area contributed by atoms with Gasteiger partial charge in [0.1, 0.15) is 11.9 Å². The molecule has 0 radical (unpaired) electrons. The number of hydrogen-bond acceptors (Lipinski definition) is 4. The lowest BCUT2D eigenvalue weighted by Gasteiger charge is -2.18. The van der Waals surface area contributed by atoms with E-state index >= 15 is 0 Å². The average molecular weight is 336 g/mol. The van der Waals surface area contributed by atoms with Gasteiger partial charge >= 0.3 is 0 Å². The van der Waals surface area contributed by atoms with Crippen molar-refractivity contribution in [1.82, 2.24) is 10.9 Å². The molecule has 1 aromatic rings. The van der Waals surface area contributed by atoms with Crippen LogP contribution in [-0.2, 0) is 14.3 Å². The van der Waals surface area contributed by atoms with Crippen LogP contribution in [-0.4, -0.2) is 30.6 Å². The first-order chi connectivity index (χ1) is 11.4. The SMILES string of the molecule is CCCCO[C@H](C)C(=O)NNC(=O)[C@@H](C)Oc1cccc(C)c1C. The number of nitrogens with one attached hydrogen (secondary N) is 2. The average Bonchev–Trinajstić information content (AvgIpc) is 2.56. The first kappa shape index (κ1) is 20.0. The standard InChI is InChI=1S/C18H28N2O4/c1-6-7-11-23-14(4)17(21)19-20-18(22)15(5)24-16-10-8-9-12(2)13(16)3/h8-10,14-15H,6-7,11H2,1-5H3,(H,19,21)(H,20,22)/t14-,15-/m1/s1. The van der Waals surface area contributed by atoms with Crippen molar-refractivity contribution in [2.24, 2.45) is 0 Å². The van der Waals surface area contributed by atoms with E-state index in [0.717, 1.165) is 24.0 Å². The molecular weight excluding hydrogens is 308 g/mol. The van der Waals surface area contributed by atoms with Crippen molar-refractivity contribution in [2.75, 3.05) is 6.61 Å². The second-order valence-corrected chi connectivity index (χ2v) is 5.80. The Morgan fingerprint density at radius 2 is 1.71 bits per heavy atom. The van der Waals surface area contributed by atoms with Crippen LogP contribution >= 0.6 is 0 Å². The highest BCUT2D eigenvalue weighted by Gasteiger charge is 2.18. The van der Waals surface area contributed by atoms with Crippen LogP contribution in [0.2, 0.25) is 0 Å². The molecule has 1 rings (SSSR count). The largest absolute Gasteiger partial charge is 0.481 e. The summed E-state index contributed by atoms with van der Waals surface area (Å²) in [6.07, 6.45) is 0.539. The van der Waals surface area contributed by atoms with Gasteiger partial charge in [-0.05, 0) is 51.3 Å². The van der Waals surface area contributed by atoms with Gasteiger partial charge in [-0.2, -0.15) is 0 Å². The summed E-state index contributed by atoms with van der Waals surface area (Å²) in [4.78, 5) is 23.9. The third-order valence-electron chi connectivity index (χ3n) is 3.77. The molecule has 0 aliphatic heterocycles. The lowest BCUT2D eigenvalue weighted by Crippen LogP contribution is -2.50. The summed E-state index contributed by atoms with van der Waals surface area (Å²) in [7, 11) is 0. The number of unbranched alkanes of at least 4 members (excludes halogenated alkanes) is 1. The van der Waals surface area contributed by atoms with Crippen LogP contribution in [0.15, 0.2) is 18.2 Å². The number of hydrazine groups is 1. The van der Waals surface area contributed by atoms with Crippen molar-refractivity contribution in [3.63, 3.8) is 0 Å². The molecule has 2 amide bonds. The Hall–Kier alpha value is -2.08. The highest BCUT2D eigenvalue weighted by molar-refractivity contribution is 5.86. The van der Waals surface area contributed by atoms with Gasteiger partial charge in [0.2, 0.25) is 0 Å². The third kappa shape index (κ3) is 6.20. The maximum atomic E-state index is 12.0. The van der Waals surface area contributed by atoms with Gasteiger partial charge in [-0.25, -0.2) is 0 Å². The van der Waals surface area contributed by atoms with E-state index in [1.807, 2.05) is 39.0 Å².